The van der Waals surface area contributed by atoms with Crippen LogP contribution in [0.25, 0.3) is 0 Å². The number of hydrogen-bond donors (Lipinski definition) is 2. The molecule has 0 aromatic heterocycles. The summed E-state index contributed by atoms with van der Waals surface area (Å²) in [6.07, 6.45) is 0. The lowest BCUT2D eigenvalue weighted by atomic mass is 9.86. The quantitative estimate of drug-likeness (QED) is 0.881. The van der Waals surface area contributed by atoms with E-state index < -0.39 is 23.3 Å². The maximum absolute atomic E-state index is 12.1. The van der Waals surface area contributed by atoms with Gasteiger partial charge in [-0.15, -0.1) is 0 Å². The fourth-order valence-electron chi connectivity index (χ4n) is 1.67. The van der Waals surface area contributed by atoms with Gasteiger partial charge >= 0.3 is 5.97 Å². The van der Waals surface area contributed by atoms with Crippen LogP contribution in [-0.2, 0) is 4.79 Å². The first-order valence-electron chi connectivity index (χ1n) is 6.04. The summed E-state index contributed by atoms with van der Waals surface area (Å²) < 4.78 is 5.72. The highest BCUT2D eigenvalue weighted by molar-refractivity contribution is 9.10. The van der Waals surface area contributed by atoms with Crippen molar-refractivity contribution in [3.63, 3.8) is 0 Å². The molecule has 2 N–H and O–H groups in total. The molecule has 1 aromatic carbocycles. The smallest absolute Gasteiger partial charge is 0.326 e. The second-order valence-electron chi connectivity index (χ2n) is 5.46. The van der Waals surface area contributed by atoms with Gasteiger partial charge in [-0.3, -0.25) is 4.79 Å². The van der Waals surface area contributed by atoms with Gasteiger partial charge in [0.15, 0.2) is 0 Å². The Morgan fingerprint density at radius 3 is 2.35 bits per heavy atom. The van der Waals surface area contributed by atoms with Crippen LogP contribution in [0.15, 0.2) is 22.7 Å². The van der Waals surface area contributed by atoms with Gasteiger partial charge in [-0.25, -0.2) is 4.79 Å². The standard InChI is InChI=1S/C14H18BrNO4/c1-14(2,3)11(13(18)19)16-12(17)8-5-6-10(20-4)9(15)7-8/h5-7,11H,1-4H3,(H,16,17)(H,18,19). The molecule has 0 heterocycles. The zero-order valence-electron chi connectivity index (χ0n) is 11.9. The molecule has 0 fully saturated rings. The van der Waals surface area contributed by atoms with Crippen LogP contribution >= 0.6 is 15.9 Å². The number of methoxy groups -OCH3 is 1. The Balaban J connectivity index is 2.95. The predicted molar refractivity (Wildman–Crippen MR) is 79.0 cm³/mol. The molecule has 1 amide bonds. The third-order valence-electron chi connectivity index (χ3n) is 2.80. The van der Waals surface area contributed by atoms with Gasteiger partial charge in [-0.2, -0.15) is 0 Å². The summed E-state index contributed by atoms with van der Waals surface area (Å²) >= 11 is 3.29. The molecule has 110 valence electrons. The summed E-state index contributed by atoms with van der Waals surface area (Å²) in [5.41, 5.74) is -0.209. The number of rotatable bonds is 4. The number of benzene rings is 1. The van der Waals surface area contributed by atoms with Crippen molar-refractivity contribution in [2.75, 3.05) is 7.11 Å². The number of amides is 1. The first-order valence-corrected chi connectivity index (χ1v) is 6.83. The van der Waals surface area contributed by atoms with Crippen molar-refractivity contribution >= 4 is 27.8 Å². The Bertz CT molecular complexity index is 522. The Morgan fingerprint density at radius 1 is 1.35 bits per heavy atom. The Hall–Kier alpha value is -1.56. The van der Waals surface area contributed by atoms with E-state index in [-0.39, 0.29) is 0 Å². The van der Waals surface area contributed by atoms with Crippen molar-refractivity contribution in [2.24, 2.45) is 5.41 Å². The molecule has 1 unspecified atom stereocenters. The number of nitrogens with one attached hydrogen (secondary N) is 1. The van der Waals surface area contributed by atoms with Crippen molar-refractivity contribution in [1.29, 1.82) is 0 Å². The van der Waals surface area contributed by atoms with Gasteiger partial charge < -0.3 is 15.2 Å². The normalized spacial score (nSPS) is 12.7. The van der Waals surface area contributed by atoms with E-state index in [9.17, 15) is 14.7 Å². The summed E-state index contributed by atoms with van der Waals surface area (Å²) in [6, 6.07) is 3.86. The number of ether oxygens (including phenoxy) is 1. The van der Waals surface area contributed by atoms with E-state index in [4.69, 9.17) is 4.74 Å². The number of carboxylic acids is 1. The van der Waals surface area contributed by atoms with Gasteiger partial charge in [-0.05, 0) is 39.5 Å². The van der Waals surface area contributed by atoms with E-state index >= 15 is 0 Å². The monoisotopic (exact) mass is 343 g/mol. The van der Waals surface area contributed by atoms with Crippen molar-refractivity contribution < 1.29 is 19.4 Å². The molecular formula is C14H18BrNO4. The molecule has 20 heavy (non-hydrogen) atoms. The molecule has 6 heteroatoms. The van der Waals surface area contributed by atoms with Gasteiger partial charge in [0.25, 0.3) is 5.91 Å². The molecule has 0 bridgehead atoms. The van der Waals surface area contributed by atoms with Crippen LogP contribution in [0.1, 0.15) is 31.1 Å². The number of aliphatic carboxylic acids is 1. The van der Waals surface area contributed by atoms with Crippen molar-refractivity contribution in [3.8, 4) is 5.75 Å². The van der Waals surface area contributed by atoms with Gasteiger partial charge in [-0.1, -0.05) is 20.8 Å². The SMILES string of the molecule is COc1ccc(C(=O)NC(C(=O)O)C(C)(C)C)cc1Br. The summed E-state index contributed by atoms with van der Waals surface area (Å²) in [5, 5.41) is 11.7. The zero-order chi connectivity index (χ0) is 15.5. The van der Waals surface area contributed by atoms with Crippen LogP contribution in [0.2, 0.25) is 0 Å². The highest BCUT2D eigenvalue weighted by atomic mass is 79.9. The Morgan fingerprint density at radius 2 is 1.95 bits per heavy atom. The maximum atomic E-state index is 12.1. The van der Waals surface area contributed by atoms with Crippen LogP contribution in [-0.4, -0.2) is 30.1 Å². The van der Waals surface area contributed by atoms with Gasteiger partial charge in [0.1, 0.15) is 11.8 Å². The highest BCUT2D eigenvalue weighted by Gasteiger charge is 2.32. The van der Waals surface area contributed by atoms with Crippen LogP contribution in [0.5, 0.6) is 5.75 Å². The molecule has 1 atom stereocenters. The molecule has 0 saturated carbocycles. The highest BCUT2D eigenvalue weighted by Crippen LogP contribution is 2.26. The fourth-order valence-corrected chi connectivity index (χ4v) is 2.21. The van der Waals surface area contributed by atoms with E-state index in [2.05, 4.69) is 21.2 Å². The molecule has 0 saturated heterocycles. The molecule has 0 spiro atoms. The average molecular weight is 344 g/mol. The Labute approximate surface area is 126 Å². The number of carboxylic acid groups (broad SMARTS) is 1. The topological polar surface area (TPSA) is 75.6 Å². The van der Waals surface area contributed by atoms with Crippen molar-refractivity contribution in [1.82, 2.24) is 5.32 Å². The second kappa shape index (κ2) is 6.26. The van der Waals surface area contributed by atoms with E-state index in [0.717, 1.165) is 0 Å². The molecule has 0 aliphatic rings. The van der Waals surface area contributed by atoms with Crippen LogP contribution in [0.3, 0.4) is 0 Å². The number of carbonyl (C=O) groups is 2. The maximum Gasteiger partial charge on any atom is 0.326 e. The minimum Gasteiger partial charge on any atom is -0.496 e. The third-order valence-corrected chi connectivity index (χ3v) is 3.42. The second-order valence-corrected chi connectivity index (χ2v) is 6.31. The van der Waals surface area contributed by atoms with Gasteiger partial charge in [0, 0.05) is 5.56 Å². The average Bonchev–Trinajstić information content (AvgIpc) is 2.33. The minimum atomic E-state index is -1.06. The number of carbonyl (C=O) groups excluding carboxylic acids is 1. The lowest BCUT2D eigenvalue weighted by molar-refractivity contribution is -0.142. The predicted octanol–water partition coefficient (Wildman–Crippen LogP) is 2.69. The van der Waals surface area contributed by atoms with Gasteiger partial charge in [0.05, 0.1) is 11.6 Å². The lowest BCUT2D eigenvalue weighted by Gasteiger charge is -2.27. The molecule has 0 aliphatic heterocycles. The van der Waals surface area contributed by atoms with Crippen LogP contribution in [0, 0.1) is 5.41 Å². The summed E-state index contributed by atoms with van der Waals surface area (Å²) in [7, 11) is 1.53. The molecule has 0 aliphatic carbocycles. The lowest BCUT2D eigenvalue weighted by Crippen LogP contribution is -2.49. The zero-order valence-corrected chi connectivity index (χ0v) is 13.4. The van der Waals surface area contributed by atoms with Crippen molar-refractivity contribution in [2.45, 2.75) is 26.8 Å². The van der Waals surface area contributed by atoms with Crippen LogP contribution < -0.4 is 10.1 Å². The van der Waals surface area contributed by atoms with E-state index in [1.165, 1.54) is 7.11 Å². The molecule has 5 nitrogen and oxygen atoms in total. The molecule has 0 radical (unpaired) electrons. The third kappa shape index (κ3) is 3.96. The summed E-state index contributed by atoms with van der Waals surface area (Å²) in [4.78, 5) is 23.4. The minimum absolute atomic E-state index is 0.369. The summed E-state index contributed by atoms with van der Waals surface area (Å²) in [5.74, 6) is -0.888. The number of halogens is 1. The number of hydrogen-bond acceptors (Lipinski definition) is 3. The largest absolute Gasteiger partial charge is 0.496 e. The van der Waals surface area contributed by atoms with E-state index in [1.54, 1.807) is 39.0 Å². The van der Waals surface area contributed by atoms with Crippen molar-refractivity contribution in [3.05, 3.63) is 28.2 Å². The van der Waals surface area contributed by atoms with Crippen LogP contribution in [0.4, 0.5) is 0 Å². The molecular weight excluding hydrogens is 326 g/mol. The first-order chi connectivity index (χ1) is 9.16. The fraction of sp³-hybridized carbons (Fsp3) is 0.429. The van der Waals surface area contributed by atoms with Gasteiger partial charge in [0.2, 0.25) is 0 Å². The summed E-state index contributed by atoms with van der Waals surface area (Å²) in [6.45, 7) is 5.28. The van der Waals surface area contributed by atoms with E-state index in [1.807, 2.05) is 0 Å². The molecule has 1 aromatic rings. The Kier molecular flexibility index (Phi) is 5.16. The molecule has 1 rings (SSSR count). The first kappa shape index (κ1) is 16.5. The van der Waals surface area contributed by atoms with E-state index in [0.29, 0.717) is 15.8 Å².